The van der Waals surface area contributed by atoms with Crippen molar-refractivity contribution in [2.24, 2.45) is 0 Å². The molecule has 0 unspecified atom stereocenters. The van der Waals surface area contributed by atoms with E-state index in [2.05, 4.69) is 56.5 Å². The maximum Gasteiger partial charge on any atom is 0.0377 e. The molecular weight excluding hydrogens is 332 g/mol. The highest BCUT2D eigenvalue weighted by molar-refractivity contribution is 5.14. The Bertz CT molecular complexity index is 580. The molecule has 0 aliphatic carbocycles. The third-order valence-electron chi connectivity index (χ3n) is 6.69. The predicted octanol–water partition coefficient (Wildman–Crippen LogP) is 2.88. The van der Waals surface area contributed by atoms with E-state index in [9.17, 15) is 0 Å². The average Bonchev–Trinajstić information content (AvgIpc) is 3.22. The topological polar surface area (TPSA) is 13.0 Å². The Labute approximate surface area is 165 Å². The van der Waals surface area contributed by atoms with Crippen LogP contribution in [0.5, 0.6) is 0 Å². The fourth-order valence-electron chi connectivity index (χ4n) is 4.99. The lowest BCUT2D eigenvalue weighted by Gasteiger charge is -2.44. The van der Waals surface area contributed by atoms with Gasteiger partial charge >= 0.3 is 0 Å². The van der Waals surface area contributed by atoms with Gasteiger partial charge in [0.1, 0.15) is 0 Å². The molecule has 0 atom stereocenters. The Hall–Kier alpha value is -1.36. The van der Waals surface area contributed by atoms with Gasteiger partial charge in [0.2, 0.25) is 0 Å². The summed E-state index contributed by atoms with van der Waals surface area (Å²) >= 11 is 0. The van der Waals surface area contributed by atoms with Crippen LogP contribution >= 0.6 is 0 Å². The molecule has 3 aliphatic rings. The van der Waals surface area contributed by atoms with E-state index >= 15 is 0 Å². The lowest BCUT2D eigenvalue weighted by molar-refractivity contribution is 0.0658. The van der Waals surface area contributed by atoms with E-state index in [4.69, 9.17) is 0 Å². The number of nitrogens with zero attached hydrogens (tertiary/aromatic N) is 4. The first-order chi connectivity index (χ1) is 13.3. The number of benzene rings is 1. The third-order valence-corrected chi connectivity index (χ3v) is 6.69. The average molecular weight is 369 g/mol. The Balaban J connectivity index is 1.17. The molecule has 4 heteroatoms. The van der Waals surface area contributed by atoms with Crippen LogP contribution in [0.1, 0.15) is 31.2 Å². The Morgan fingerprint density at radius 2 is 1.48 bits per heavy atom. The molecule has 0 N–H and O–H groups in total. The van der Waals surface area contributed by atoms with Gasteiger partial charge in [-0.1, -0.05) is 36.9 Å². The lowest BCUT2D eigenvalue weighted by Crippen LogP contribution is -2.53. The summed E-state index contributed by atoms with van der Waals surface area (Å²) in [6.07, 6.45) is 5.37. The molecule has 0 radical (unpaired) electrons. The van der Waals surface area contributed by atoms with Crippen molar-refractivity contribution in [3.05, 3.63) is 48.2 Å². The van der Waals surface area contributed by atoms with Gasteiger partial charge in [0.05, 0.1) is 0 Å². The van der Waals surface area contributed by atoms with E-state index in [1.54, 1.807) is 0 Å². The van der Waals surface area contributed by atoms with E-state index in [1.165, 1.54) is 76.2 Å². The minimum absolute atomic E-state index is 0.783. The normalized spacial score (nSPS) is 23.8. The van der Waals surface area contributed by atoms with E-state index < -0.39 is 0 Å². The highest BCUT2D eigenvalue weighted by Crippen LogP contribution is 2.21. The molecule has 0 spiro atoms. The molecule has 1 aromatic carbocycles. The van der Waals surface area contributed by atoms with Crippen molar-refractivity contribution < 1.29 is 0 Å². The highest BCUT2D eigenvalue weighted by Gasteiger charge is 2.28. The predicted molar refractivity (Wildman–Crippen MR) is 113 cm³/mol. The molecule has 0 aromatic heterocycles. The van der Waals surface area contributed by atoms with Crippen LogP contribution < -0.4 is 0 Å². The summed E-state index contributed by atoms with van der Waals surface area (Å²) in [5.74, 6) is 0. The Kier molecular flexibility index (Phi) is 6.48. The zero-order chi connectivity index (χ0) is 18.5. The molecule has 27 heavy (non-hydrogen) atoms. The van der Waals surface area contributed by atoms with Crippen LogP contribution in [-0.2, 0) is 6.54 Å². The van der Waals surface area contributed by atoms with Crippen LogP contribution in [0.25, 0.3) is 0 Å². The summed E-state index contributed by atoms with van der Waals surface area (Å²) in [5, 5.41) is 0. The zero-order valence-electron chi connectivity index (χ0n) is 16.9. The number of likely N-dealkylation sites (tertiary alicyclic amines) is 2. The van der Waals surface area contributed by atoms with Crippen molar-refractivity contribution in [2.45, 2.75) is 38.3 Å². The second-order valence-electron chi connectivity index (χ2n) is 8.57. The van der Waals surface area contributed by atoms with Crippen LogP contribution in [0.4, 0.5) is 0 Å². The van der Waals surface area contributed by atoms with Crippen LogP contribution in [-0.4, -0.2) is 84.5 Å². The van der Waals surface area contributed by atoms with E-state index in [-0.39, 0.29) is 0 Å². The molecule has 4 rings (SSSR count). The van der Waals surface area contributed by atoms with Gasteiger partial charge in [-0.05, 0) is 57.4 Å². The van der Waals surface area contributed by atoms with Gasteiger partial charge in [0, 0.05) is 51.0 Å². The van der Waals surface area contributed by atoms with Gasteiger partial charge < -0.3 is 4.90 Å². The first-order valence-corrected chi connectivity index (χ1v) is 10.9. The number of piperazine rings is 1. The van der Waals surface area contributed by atoms with Crippen molar-refractivity contribution in [3.63, 3.8) is 0 Å². The Morgan fingerprint density at radius 1 is 0.815 bits per heavy atom. The molecule has 148 valence electrons. The van der Waals surface area contributed by atoms with Crippen LogP contribution in [0.3, 0.4) is 0 Å². The highest BCUT2D eigenvalue weighted by atomic mass is 15.3. The molecule has 0 saturated carbocycles. The monoisotopic (exact) mass is 368 g/mol. The van der Waals surface area contributed by atoms with Crippen LogP contribution in [0.2, 0.25) is 0 Å². The summed E-state index contributed by atoms with van der Waals surface area (Å²) in [5.41, 5.74) is 2.79. The van der Waals surface area contributed by atoms with Crippen molar-refractivity contribution in [1.29, 1.82) is 0 Å². The summed E-state index contributed by atoms with van der Waals surface area (Å²) < 4.78 is 0. The van der Waals surface area contributed by atoms with Crippen molar-refractivity contribution in [2.75, 3.05) is 58.9 Å². The van der Waals surface area contributed by atoms with E-state index in [0.717, 1.165) is 32.2 Å². The quantitative estimate of drug-likeness (QED) is 0.765. The third kappa shape index (κ3) is 5.13. The fourth-order valence-corrected chi connectivity index (χ4v) is 4.99. The summed E-state index contributed by atoms with van der Waals surface area (Å²) in [6.45, 7) is 16.3. The minimum Gasteiger partial charge on any atom is -0.372 e. The molecule has 3 saturated heterocycles. The largest absolute Gasteiger partial charge is 0.372 e. The maximum atomic E-state index is 4.39. The smallest absolute Gasteiger partial charge is 0.0377 e. The van der Waals surface area contributed by atoms with Gasteiger partial charge in [-0.3, -0.25) is 14.7 Å². The van der Waals surface area contributed by atoms with Gasteiger partial charge in [0.15, 0.2) is 0 Å². The van der Waals surface area contributed by atoms with Crippen LogP contribution in [0, 0.1) is 0 Å². The molecule has 3 aliphatic heterocycles. The molecule has 1 aromatic rings. The summed E-state index contributed by atoms with van der Waals surface area (Å²) in [4.78, 5) is 10.5. The van der Waals surface area contributed by atoms with Crippen molar-refractivity contribution in [1.82, 2.24) is 19.6 Å². The number of rotatable bonds is 6. The number of hydrogen-bond donors (Lipinski definition) is 0. The van der Waals surface area contributed by atoms with E-state index in [1.807, 2.05) is 0 Å². The minimum atomic E-state index is 0.783. The summed E-state index contributed by atoms with van der Waals surface area (Å²) in [6, 6.07) is 11.7. The van der Waals surface area contributed by atoms with Gasteiger partial charge in [0.25, 0.3) is 0 Å². The van der Waals surface area contributed by atoms with Crippen molar-refractivity contribution in [3.8, 4) is 0 Å². The van der Waals surface area contributed by atoms with Gasteiger partial charge in [-0.25, -0.2) is 0 Å². The molecular formula is C23H36N4. The first-order valence-electron chi connectivity index (χ1n) is 10.9. The first kappa shape index (κ1) is 19.0. The second kappa shape index (κ2) is 9.22. The van der Waals surface area contributed by atoms with Gasteiger partial charge in [-0.15, -0.1) is 0 Å². The summed E-state index contributed by atoms with van der Waals surface area (Å²) in [7, 11) is 0. The SMILES string of the molecule is C=C(CN1CCCC1)N1CCN(C2CCN(Cc3ccccc3)CC2)CC1. The molecule has 0 amide bonds. The number of hydrogen-bond acceptors (Lipinski definition) is 4. The molecule has 4 nitrogen and oxygen atoms in total. The Morgan fingerprint density at radius 3 is 2.15 bits per heavy atom. The van der Waals surface area contributed by atoms with Gasteiger partial charge in [-0.2, -0.15) is 0 Å². The van der Waals surface area contributed by atoms with Crippen LogP contribution in [0.15, 0.2) is 42.6 Å². The number of piperidine rings is 1. The standard InChI is InChI=1S/C23H36N4/c1-21(19-24-11-5-6-12-24)26-15-17-27(18-16-26)23-9-13-25(14-10-23)20-22-7-3-2-4-8-22/h2-4,7-8,23H,1,5-6,9-20H2. The fraction of sp³-hybridized carbons (Fsp3) is 0.652. The van der Waals surface area contributed by atoms with Crippen molar-refractivity contribution >= 4 is 0 Å². The second-order valence-corrected chi connectivity index (χ2v) is 8.57. The maximum absolute atomic E-state index is 4.39. The lowest BCUT2D eigenvalue weighted by atomic mass is 10.0. The molecule has 0 bridgehead atoms. The van der Waals surface area contributed by atoms with E-state index in [0.29, 0.717) is 0 Å². The molecule has 3 fully saturated rings. The molecule has 3 heterocycles. The zero-order valence-corrected chi connectivity index (χ0v) is 16.9.